The van der Waals surface area contributed by atoms with E-state index in [9.17, 15) is 4.79 Å². The number of rotatable bonds is 19. The van der Waals surface area contributed by atoms with Crippen LogP contribution in [0.25, 0.3) is 22.5 Å². The van der Waals surface area contributed by atoms with Crippen LogP contribution >= 0.6 is 0 Å². The summed E-state index contributed by atoms with van der Waals surface area (Å²) in [5.41, 5.74) is 4.33. The van der Waals surface area contributed by atoms with E-state index in [0.717, 1.165) is 48.2 Å². The van der Waals surface area contributed by atoms with E-state index in [1.54, 1.807) is 6.92 Å². The Bertz CT molecular complexity index is 1090. The minimum absolute atomic E-state index is 0.333. The zero-order valence-electron chi connectivity index (χ0n) is 24.9. The summed E-state index contributed by atoms with van der Waals surface area (Å²) < 4.78 is 11.1. The third-order valence-electron chi connectivity index (χ3n) is 7.26. The number of nitrogens with zero attached hydrogens (tertiary/aromatic N) is 2. The van der Waals surface area contributed by atoms with E-state index in [-0.39, 0.29) is 5.97 Å². The van der Waals surface area contributed by atoms with Gasteiger partial charge in [0.25, 0.3) is 0 Å². The topological polar surface area (TPSA) is 61.3 Å². The number of aryl methyl sites for hydroxylation is 1. The summed E-state index contributed by atoms with van der Waals surface area (Å²) in [6.45, 7) is 6.55. The molecule has 0 aliphatic carbocycles. The molecule has 0 amide bonds. The number of hydrogen-bond acceptors (Lipinski definition) is 5. The Morgan fingerprint density at radius 2 is 1.23 bits per heavy atom. The van der Waals surface area contributed by atoms with Crippen molar-refractivity contribution >= 4 is 5.97 Å². The lowest BCUT2D eigenvalue weighted by Gasteiger charge is -2.14. The number of aromatic nitrogens is 2. The van der Waals surface area contributed by atoms with Gasteiger partial charge in [-0.15, -0.1) is 0 Å². The predicted octanol–water partition coefficient (Wildman–Crippen LogP) is 9.38. The first-order chi connectivity index (χ1) is 19.6. The van der Waals surface area contributed by atoms with Gasteiger partial charge in [0, 0.05) is 23.5 Å². The molecule has 5 heteroatoms. The van der Waals surface area contributed by atoms with Crippen LogP contribution in [0.4, 0.5) is 0 Å². The van der Waals surface area contributed by atoms with Crippen molar-refractivity contribution in [2.75, 3.05) is 6.61 Å². The van der Waals surface area contributed by atoms with Gasteiger partial charge in [-0.3, -0.25) is 0 Å². The average molecular weight is 545 g/mol. The van der Waals surface area contributed by atoms with E-state index in [1.165, 1.54) is 63.4 Å². The second-order valence-corrected chi connectivity index (χ2v) is 10.7. The predicted molar refractivity (Wildman–Crippen MR) is 164 cm³/mol. The molecule has 5 nitrogen and oxygen atoms in total. The maximum atomic E-state index is 12.1. The largest absolute Gasteiger partial charge is 0.479 e. The second-order valence-electron chi connectivity index (χ2n) is 10.7. The van der Waals surface area contributed by atoms with Gasteiger partial charge in [0.1, 0.15) is 5.75 Å². The number of ether oxygens (including phenoxy) is 2. The van der Waals surface area contributed by atoms with Crippen LogP contribution in [0.5, 0.6) is 5.75 Å². The highest BCUT2D eigenvalue weighted by molar-refractivity contribution is 5.74. The average Bonchev–Trinajstić information content (AvgIpc) is 2.99. The van der Waals surface area contributed by atoms with Crippen molar-refractivity contribution in [1.82, 2.24) is 9.97 Å². The molecule has 0 bridgehead atoms. The van der Waals surface area contributed by atoms with Gasteiger partial charge in [0.2, 0.25) is 0 Å². The fourth-order valence-electron chi connectivity index (χ4n) is 4.71. The molecule has 0 N–H and O–H groups in total. The van der Waals surface area contributed by atoms with E-state index in [1.807, 2.05) is 36.7 Å². The Balaban J connectivity index is 1.42. The first-order valence-electron chi connectivity index (χ1n) is 15.5. The van der Waals surface area contributed by atoms with Gasteiger partial charge in [0.15, 0.2) is 11.9 Å². The van der Waals surface area contributed by atoms with Gasteiger partial charge in [-0.2, -0.15) is 0 Å². The van der Waals surface area contributed by atoms with Gasteiger partial charge in [0.05, 0.1) is 6.61 Å². The third kappa shape index (κ3) is 11.1. The third-order valence-corrected chi connectivity index (χ3v) is 7.26. The molecule has 0 aliphatic rings. The number of unbranched alkanes of at least 4 members (excludes halogenated alkanes) is 10. The Morgan fingerprint density at radius 3 is 1.85 bits per heavy atom. The van der Waals surface area contributed by atoms with Crippen LogP contribution in [-0.2, 0) is 16.0 Å². The quantitative estimate of drug-likeness (QED) is 0.111. The number of benzene rings is 2. The van der Waals surface area contributed by atoms with Crippen LogP contribution < -0.4 is 4.74 Å². The van der Waals surface area contributed by atoms with Crippen LogP contribution in [0.2, 0.25) is 0 Å². The van der Waals surface area contributed by atoms with Crippen molar-refractivity contribution in [1.29, 1.82) is 0 Å². The fourth-order valence-corrected chi connectivity index (χ4v) is 4.71. The lowest BCUT2D eigenvalue weighted by molar-refractivity contribution is -0.151. The highest BCUT2D eigenvalue weighted by atomic mass is 16.6. The Kier molecular flexibility index (Phi) is 14.2. The summed E-state index contributed by atoms with van der Waals surface area (Å²) in [7, 11) is 0. The zero-order chi connectivity index (χ0) is 28.4. The van der Waals surface area contributed by atoms with E-state index < -0.39 is 6.10 Å². The summed E-state index contributed by atoms with van der Waals surface area (Å²) in [4.78, 5) is 21.3. The minimum atomic E-state index is -0.647. The molecule has 216 valence electrons. The van der Waals surface area contributed by atoms with Crippen LogP contribution in [0.3, 0.4) is 0 Å². The first kappa shape index (κ1) is 31.3. The molecule has 3 rings (SSSR count). The van der Waals surface area contributed by atoms with Gasteiger partial charge in [-0.25, -0.2) is 14.8 Å². The fraction of sp³-hybridized carbons (Fsp3) is 0.514. The van der Waals surface area contributed by atoms with Crippen LogP contribution in [0.15, 0.2) is 60.9 Å². The summed E-state index contributed by atoms with van der Waals surface area (Å²) in [6.07, 6.45) is 19.4. The van der Waals surface area contributed by atoms with Crippen LogP contribution in [0, 0.1) is 0 Å². The molecule has 40 heavy (non-hydrogen) atoms. The smallest absolute Gasteiger partial charge is 0.347 e. The molecule has 3 aromatic rings. The monoisotopic (exact) mass is 544 g/mol. The van der Waals surface area contributed by atoms with E-state index in [4.69, 9.17) is 9.47 Å². The minimum Gasteiger partial charge on any atom is -0.479 e. The number of hydrogen-bond donors (Lipinski definition) is 0. The lowest BCUT2D eigenvalue weighted by atomic mass is 10.0. The first-order valence-corrected chi connectivity index (χ1v) is 15.5. The van der Waals surface area contributed by atoms with E-state index in [2.05, 4.69) is 48.1 Å². The normalized spacial score (nSPS) is 11.8. The summed E-state index contributed by atoms with van der Waals surface area (Å²) in [6, 6.07) is 16.3. The van der Waals surface area contributed by atoms with Crippen molar-refractivity contribution in [2.45, 2.75) is 110 Å². The van der Waals surface area contributed by atoms with Crippen LogP contribution in [-0.4, -0.2) is 28.6 Å². The molecule has 0 aliphatic heterocycles. The number of carbonyl (C=O) groups excluding carboxylic acids is 1. The Morgan fingerprint density at radius 1 is 0.675 bits per heavy atom. The molecule has 2 aromatic carbocycles. The standard InChI is InChI=1S/C35H48N2O3/c1-4-6-8-9-10-11-12-13-14-16-29-17-19-31(20-18-29)34-36-26-32(27-37-34)30-21-23-33(24-22-30)40-28(3)35(38)39-25-15-7-5-2/h17-24,26-28H,4-16,25H2,1-3H3. The van der Waals surface area contributed by atoms with Gasteiger partial charge < -0.3 is 9.47 Å². The molecular formula is C35H48N2O3. The molecule has 0 saturated heterocycles. The van der Waals surface area contributed by atoms with Gasteiger partial charge in [-0.1, -0.05) is 114 Å². The van der Waals surface area contributed by atoms with E-state index in [0.29, 0.717) is 12.4 Å². The van der Waals surface area contributed by atoms with Crippen molar-refractivity contribution in [3.05, 3.63) is 66.5 Å². The maximum Gasteiger partial charge on any atom is 0.347 e. The van der Waals surface area contributed by atoms with Crippen molar-refractivity contribution in [2.24, 2.45) is 0 Å². The second kappa shape index (κ2) is 18.2. The van der Waals surface area contributed by atoms with E-state index >= 15 is 0 Å². The number of carbonyl (C=O) groups is 1. The summed E-state index contributed by atoms with van der Waals surface area (Å²) in [5, 5.41) is 0. The molecule has 0 fully saturated rings. The van der Waals surface area contributed by atoms with Crippen molar-refractivity contribution in [3.8, 4) is 28.3 Å². The SMILES string of the molecule is CCCCCCCCCCCc1ccc(-c2ncc(-c3ccc(OC(C)C(=O)OCCCCC)cc3)cn2)cc1. The van der Waals surface area contributed by atoms with Gasteiger partial charge in [-0.05, 0) is 49.4 Å². The Hall–Kier alpha value is -3.21. The van der Waals surface area contributed by atoms with Gasteiger partial charge >= 0.3 is 5.97 Å². The summed E-state index contributed by atoms with van der Waals surface area (Å²) >= 11 is 0. The highest BCUT2D eigenvalue weighted by Crippen LogP contribution is 2.24. The molecule has 0 spiro atoms. The van der Waals surface area contributed by atoms with Crippen molar-refractivity contribution < 1.29 is 14.3 Å². The molecule has 1 atom stereocenters. The Labute approximate surface area is 241 Å². The molecule has 0 radical (unpaired) electrons. The van der Waals surface area contributed by atoms with Crippen LogP contribution in [0.1, 0.15) is 103 Å². The van der Waals surface area contributed by atoms with Crippen molar-refractivity contribution in [3.63, 3.8) is 0 Å². The highest BCUT2D eigenvalue weighted by Gasteiger charge is 2.16. The molecule has 1 unspecified atom stereocenters. The molecule has 1 heterocycles. The molecule has 1 aromatic heterocycles. The maximum absolute atomic E-state index is 12.1. The molecule has 0 saturated carbocycles. The number of esters is 1. The lowest BCUT2D eigenvalue weighted by Crippen LogP contribution is -2.26. The summed E-state index contributed by atoms with van der Waals surface area (Å²) in [5.74, 6) is 1.02. The molecular weight excluding hydrogens is 496 g/mol. The zero-order valence-corrected chi connectivity index (χ0v) is 24.9.